The SMILES string of the molecule is COc1ccc(S(=O)(=O)N2CCN(CCNC(=O)c3ccccc3F)CC2)cc1.Cl. The summed E-state index contributed by atoms with van der Waals surface area (Å²) >= 11 is 0. The summed E-state index contributed by atoms with van der Waals surface area (Å²) in [7, 11) is -2.02. The molecule has 1 aliphatic heterocycles. The van der Waals surface area contributed by atoms with E-state index < -0.39 is 21.7 Å². The largest absolute Gasteiger partial charge is 0.497 e. The van der Waals surface area contributed by atoms with E-state index in [1.807, 2.05) is 0 Å². The van der Waals surface area contributed by atoms with Crippen LogP contribution in [0.1, 0.15) is 10.4 Å². The van der Waals surface area contributed by atoms with Crippen molar-refractivity contribution in [1.82, 2.24) is 14.5 Å². The number of ether oxygens (including phenoxy) is 1. The number of methoxy groups -OCH3 is 1. The summed E-state index contributed by atoms with van der Waals surface area (Å²) in [5, 5.41) is 2.70. The van der Waals surface area contributed by atoms with Gasteiger partial charge in [-0.15, -0.1) is 12.4 Å². The standard InChI is InChI=1S/C20H24FN3O4S.ClH/c1-28-16-6-8-17(9-7-16)29(26,27)24-14-12-23(13-15-24)11-10-22-20(25)18-4-2-3-5-19(18)21;/h2-9H,10-15H2,1H3,(H,22,25);1H. The van der Waals surface area contributed by atoms with Crippen LogP contribution in [0, 0.1) is 5.82 Å². The first-order valence-corrected chi connectivity index (χ1v) is 10.7. The highest BCUT2D eigenvalue weighted by atomic mass is 35.5. The second kappa shape index (κ2) is 10.7. The quantitative estimate of drug-likeness (QED) is 0.688. The zero-order valence-corrected chi connectivity index (χ0v) is 18.2. The van der Waals surface area contributed by atoms with Gasteiger partial charge in [0.05, 0.1) is 17.6 Å². The average Bonchev–Trinajstić information content (AvgIpc) is 2.74. The molecule has 7 nitrogen and oxygen atoms in total. The smallest absolute Gasteiger partial charge is 0.254 e. The van der Waals surface area contributed by atoms with Crippen molar-refractivity contribution in [1.29, 1.82) is 0 Å². The van der Waals surface area contributed by atoms with Crippen molar-refractivity contribution >= 4 is 28.3 Å². The molecule has 0 spiro atoms. The summed E-state index contributed by atoms with van der Waals surface area (Å²) in [5.74, 6) is -0.405. The zero-order valence-electron chi connectivity index (χ0n) is 16.6. The van der Waals surface area contributed by atoms with Crippen molar-refractivity contribution in [2.24, 2.45) is 0 Å². The minimum absolute atomic E-state index is 0. The average molecular weight is 458 g/mol. The molecule has 0 unspecified atom stereocenters. The molecular formula is C20H25ClFN3O4S. The van der Waals surface area contributed by atoms with Crippen molar-refractivity contribution in [3.8, 4) is 5.75 Å². The molecular weight excluding hydrogens is 433 g/mol. The van der Waals surface area contributed by atoms with Crippen LogP contribution >= 0.6 is 12.4 Å². The van der Waals surface area contributed by atoms with Crippen LogP contribution in [-0.4, -0.2) is 69.9 Å². The minimum atomic E-state index is -3.55. The van der Waals surface area contributed by atoms with Crippen molar-refractivity contribution in [2.75, 3.05) is 46.4 Å². The molecule has 0 bridgehead atoms. The van der Waals surface area contributed by atoms with Gasteiger partial charge in [-0.3, -0.25) is 9.69 Å². The number of piperazine rings is 1. The zero-order chi connectivity index (χ0) is 20.9. The molecule has 0 saturated carbocycles. The normalized spacial score (nSPS) is 15.3. The molecule has 30 heavy (non-hydrogen) atoms. The predicted molar refractivity (Wildman–Crippen MR) is 114 cm³/mol. The summed E-state index contributed by atoms with van der Waals surface area (Å²) < 4.78 is 45.7. The molecule has 0 radical (unpaired) electrons. The van der Waals surface area contributed by atoms with Gasteiger partial charge in [-0.2, -0.15) is 4.31 Å². The molecule has 1 N–H and O–H groups in total. The Hall–Kier alpha value is -2.20. The van der Waals surface area contributed by atoms with Gasteiger partial charge in [0, 0.05) is 39.3 Å². The van der Waals surface area contributed by atoms with Crippen molar-refractivity contribution < 1.29 is 22.3 Å². The molecule has 3 rings (SSSR count). The van der Waals surface area contributed by atoms with E-state index in [0.717, 1.165) is 0 Å². The predicted octanol–water partition coefficient (Wildman–Crippen LogP) is 1.99. The van der Waals surface area contributed by atoms with E-state index in [1.54, 1.807) is 30.3 Å². The Labute approximate surface area is 182 Å². The van der Waals surface area contributed by atoms with Gasteiger partial charge in [-0.25, -0.2) is 12.8 Å². The van der Waals surface area contributed by atoms with Gasteiger partial charge < -0.3 is 10.1 Å². The summed E-state index contributed by atoms with van der Waals surface area (Å²) in [6, 6.07) is 12.2. The lowest BCUT2D eigenvalue weighted by molar-refractivity contribution is 0.0941. The number of nitrogens with zero attached hydrogens (tertiary/aromatic N) is 2. The molecule has 1 aliphatic rings. The van der Waals surface area contributed by atoms with E-state index in [2.05, 4.69) is 10.2 Å². The minimum Gasteiger partial charge on any atom is -0.497 e. The maximum absolute atomic E-state index is 13.6. The molecule has 2 aromatic carbocycles. The van der Waals surface area contributed by atoms with Crippen LogP contribution in [0.25, 0.3) is 0 Å². The molecule has 0 atom stereocenters. The first-order chi connectivity index (χ1) is 13.9. The Morgan fingerprint density at radius 1 is 1.07 bits per heavy atom. The van der Waals surface area contributed by atoms with Gasteiger partial charge in [-0.1, -0.05) is 12.1 Å². The summed E-state index contributed by atoms with van der Waals surface area (Å²) in [4.78, 5) is 14.3. The molecule has 0 aliphatic carbocycles. The molecule has 2 aromatic rings. The lowest BCUT2D eigenvalue weighted by Gasteiger charge is -2.34. The number of hydrogen-bond acceptors (Lipinski definition) is 5. The fourth-order valence-corrected chi connectivity index (χ4v) is 4.58. The number of nitrogens with one attached hydrogen (secondary N) is 1. The molecule has 1 fully saturated rings. The lowest BCUT2D eigenvalue weighted by Crippen LogP contribution is -2.50. The maximum Gasteiger partial charge on any atom is 0.254 e. The van der Waals surface area contributed by atoms with Crippen LogP contribution in [0.3, 0.4) is 0 Å². The molecule has 1 heterocycles. The van der Waals surface area contributed by atoms with Gasteiger partial charge in [0.15, 0.2) is 0 Å². The highest BCUT2D eigenvalue weighted by Gasteiger charge is 2.28. The van der Waals surface area contributed by atoms with E-state index in [9.17, 15) is 17.6 Å². The van der Waals surface area contributed by atoms with Gasteiger partial charge in [-0.05, 0) is 36.4 Å². The van der Waals surface area contributed by atoms with Crippen LogP contribution in [0.2, 0.25) is 0 Å². The second-order valence-electron chi connectivity index (χ2n) is 6.66. The number of carbonyl (C=O) groups is 1. The Morgan fingerprint density at radius 2 is 1.70 bits per heavy atom. The van der Waals surface area contributed by atoms with Gasteiger partial charge >= 0.3 is 0 Å². The van der Waals surface area contributed by atoms with Crippen molar-refractivity contribution in [3.05, 3.63) is 59.9 Å². The van der Waals surface area contributed by atoms with Gasteiger partial charge in [0.2, 0.25) is 10.0 Å². The Bertz CT molecular complexity index is 949. The monoisotopic (exact) mass is 457 g/mol. The molecule has 1 saturated heterocycles. The van der Waals surface area contributed by atoms with Crippen molar-refractivity contribution in [3.63, 3.8) is 0 Å². The summed E-state index contributed by atoms with van der Waals surface area (Å²) in [6.45, 7) is 2.79. The number of rotatable bonds is 7. The second-order valence-corrected chi connectivity index (χ2v) is 8.59. The lowest BCUT2D eigenvalue weighted by atomic mass is 10.2. The van der Waals surface area contributed by atoms with E-state index in [4.69, 9.17) is 4.74 Å². The number of carbonyl (C=O) groups excluding carboxylic acids is 1. The molecule has 164 valence electrons. The van der Waals surface area contributed by atoms with E-state index in [1.165, 1.54) is 29.6 Å². The molecule has 0 aromatic heterocycles. The van der Waals surface area contributed by atoms with Gasteiger partial charge in [0.1, 0.15) is 11.6 Å². The van der Waals surface area contributed by atoms with Crippen LogP contribution in [0.4, 0.5) is 4.39 Å². The highest BCUT2D eigenvalue weighted by Crippen LogP contribution is 2.20. The summed E-state index contributed by atoms with van der Waals surface area (Å²) in [6.07, 6.45) is 0. The van der Waals surface area contributed by atoms with Crippen LogP contribution in [0.5, 0.6) is 5.75 Å². The van der Waals surface area contributed by atoms with Crippen molar-refractivity contribution in [2.45, 2.75) is 4.90 Å². The van der Waals surface area contributed by atoms with E-state index >= 15 is 0 Å². The fraction of sp³-hybridized carbons (Fsp3) is 0.350. The third kappa shape index (κ3) is 5.69. The summed E-state index contributed by atoms with van der Waals surface area (Å²) in [5.41, 5.74) is 0.0166. The molecule has 1 amide bonds. The topological polar surface area (TPSA) is 79.0 Å². The highest BCUT2D eigenvalue weighted by molar-refractivity contribution is 7.89. The number of halogens is 2. The van der Waals surface area contributed by atoms with Crippen LogP contribution in [-0.2, 0) is 10.0 Å². The number of amides is 1. The van der Waals surface area contributed by atoms with Gasteiger partial charge in [0.25, 0.3) is 5.91 Å². The fourth-order valence-electron chi connectivity index (χ4n) is 3.16. The Morgan fingerprint density at radius 3 is 2.30 bits per heavy atom. The van der Waals surface area contributed by atoms with Crippen LogP contribution < -0.4 is 10.1 Å². The Balaban J connectivity index is 0.00000320. The molecule has 10 heteroatoms. The first kappa shape index (κ1) is 24.1. The number of benzene rings is 2. The van der Waals surface area contributed by atoms with Crippen LogP contribution in [0.15, 0.2) is 53.4 Å². The first-order valence-electron chi connectivity index (χ1n) is 9.31. The third-order valence-electron chi connectivity index (χ3n) is 4.86. The van der Waals surface area contributed by atoms with E-state index in [0.29, 0.717) is 45.0 Å². The maximum atomic E-state index is 13.6. The Kier molecular flexibility index (Phi) is 8.60. The van der Waals surface area contributed by atoms with E-state index in [-0.39, 0.29) is 22.9 Å². The number of hydrogen-bond donors (Lipinski definition) is 1. The number of sulfonamides is 1. The third-order valence-corrected chi connectivity index (χ3v) is 6.77.